The number of rotatable bonds is 5. The summed E-state index contributed by atoms with van der Waals surface area (Å²) in [5.41, 5.74) is 0. The third kappa shape index (κ3) is 2.59. The van der Waals surface area contributed by atoms with Crippen molar-refractivity contribution in [1.82, 2.24) is 5.32 Å². The molecule has 15 heavy (non-hydrogen) atoms. The molecule has 1 fully saturated rings. The average molecular weight is 209 g/mol. The first kappa shape index (κ1) is 10.2. The summed E-state index contributed by atoms with van der Waals surface area (Å²) in [6.07, 6.45) is 1.20. The van der Waals surface area contributed by atoms with Gasteiger partial charge >= 0.3 is 5.97 Å². The third-order valence-corrected chi connectivity index (χ3v) is 2.73. The lowest BCUT2D eigenvalue weighted by Gasteiger charge is -1.97. The summed E-state index contributed by atoms with van der Waals surface area (Å²) in [5.74, 6) is 2.31. The smallest absolute Gasteiger partial charge is 0.317 e. The van der Waals surface area contributed by atoms with Crippen LogP contribution in [0, 0.1) is 5.92 Å². The molecule has 0 amide bonds. The highest BCUT2D eigenvalue weighted by molar-refractivity contribution is 5.68. The number of nitrogens with one attached hydrogen (secondary N) is 1. The molecule has 82 valence electrons. The molecule has 4 nitrogen and oxygen atoms in total. The Hall–Kier alpha value is -1.29. The van der Waals surface area contributed by atoms with Gasteiger partial charge in [0.15, 0.2) is 0 Å². The average Bonchev–Trinajstić information content (AvgIpc) is 2.73. The van der Waals surface area contributed by atoms with Gasteiger partial charge in [0.1, 0.15) is 11.5 Å². The Morgan fingerprint density at radius 2 is 2.40 bits per heavy atom. The van der Waals surface area contributed by atoms with Crippen LogP contribution in [0.25, 0.3) is 0 Å². The Labute approximate surface area is 88.3 Å². The molecule has 2 N–H and O–H groups in total. The molecule has 0 aliphatic heterocycles. The molecular weight excluding hydrogens is 194 g/mol. The second-order valence-corrected chi connectivity index (χ2v) is 4.12. The number of carboxylic acids is 1. The van der Waals surface area contributed by atoms with Crippen LogP contribution in [0.3, 0.4) is 0 Å². The minimum Gasteiger partial charge on any atom is -0.480 e. The van der Waals surface area contributed by atoms with Gasteiger partial charge in [-0.2, -0.15) is 0 Å². The largest absolute Gasteiger partial charge is 0.480 e. The van der Waals surface area contributed by atoms with Gasteiger partial charge in [-0.25, -0.2) is 0 Å². The van der Waals surface area contributed by atoms with Crippen molar-refractivity contribution < 1.29 is 14.3 Å². The van der Waals surface area contributed by atoms with Crippen LogP contribution in [0.4, 0.5) is 0 Å². The van der Waals surface area contributed by atoms with Crippen molar-refractivity contribution in [3.05, 3.63) is 23.7 Å². The van der Waals surface area contributed by atoms with Crippen LogP contribution in [0.15, 0.2) is 16.5 Å². The molecule has 0 bridgehead atoms. The van der Waals surface area contributed by atoms with Crippen molar-refractivity contribution in [2.24, 2.45) is 5.92 Å². The maximum Gasteiger partial charge on any atom is 0.317 e. The molecule has 2 atom stereocenters. The second-order valence-electron chi connectivity index (χ2n) is 4.12. The van der Waals surface area contributed by atoms with Gasteiger partial charge in [-0.15, -0.1) is 0 Å². The van der Waals surface area contributed by atoms with E-state index >= 15 is 0 Å². The van der Waals surface area contributed by atoms with Crippen LogP contribution in [-0.2, 0) is 11.3 Å². The van der Waals surface area contributed by atoms with E-state index in [4.69, 9.17) is 9.52 Å². The Morgan fingerprint density at radius 3 is 3.00 bits per heavy atom. The summed E-state index contributed by atoms with van der Waals surface area (Å²) in [6.45, 7) is 2.65. The minimum absolute atomic E-state index is 0.0319. The number of hydrogen-bond donors (Lipinski definition) is 2. The number of hydrogen-bond acceptors (Lipinski definition) is 3. The molecule has 2 unspecified atom stereocenters. The summed E-state index contributed by atoms with van der Waals surface area (Å²) in [6, 6.07) is 3.90. The maximum atomic E-state index is 10.3. The second kappa shape index (κ2) is 4.06. The van der Waals surface area contributed by atoms with E-state index in [2.05, 4.69) is 12.2 Å². The zero-order valence-corrected chi connectivity index (χ0v) is 8.69. The molecule has 1 aromatic heterocycles. The highest BCUT2D eigenvalue weighted by atomic mass is 16.4. The SMILES string of the molecule is CC1CC1c1ccc(CNCC(=O)O)o1. The Kier molecular flexibility index (Phi) is 2.77. The minimum atomic E-state index is -0.849. The molecule has 1 aliphatic carbocycles. The van der Waals surface area contributed by atoms with Gasteiger partial charge in [0.25, 0.3) is 0 Å². The van der Waals surface area contributed by atoms with Gasteiger partial charge < -0.3 is 9.52 Å². The molecule has 1 aromatic rings. The van der Waals surface area contributed by atoms with E-state index in [1.54, 1.807) is 0 Å². The summed E-state index contributed by atoms with van der Waals surface area (Å²) in [7, 11) is 0. The lowest BCUT2D eigenvalue weighted by molar-refractivity contribution is -0.136. The van der Waals surface area contributed by atoms with Crippen molar-refractivity contribution in [3.63, 3.8) is 0 Å². The lowest BCUT2D eigenvalue weighted by atomic mass is 10.3. The summed E-state index contributed by atoms with van der Waals surface area (Å²) >= 11 is 0. The number of furan rings is 1. The zero-order valence-electron chi connectivity index (χ0n) is 8.69. The summed E-state index contributed by atoms with van der Waals surface area (Å²) < 4.78 is 5.60. The molecule has 1 heterocycles. The van der Waals surface area contributed by atoms with Crippen LogP contribution in [0.1, 0.15) is 30.8 Å². The van der Waals surface area contributed by atoms with E-state index in [-0.39, 0.29) is 6.54 Å². The lowest BCUT2D eigenvalue weighted by Crippen LogP contribution is -2.21. The van der Waals surface area contributed by atoms with Gasteiger partial charge in [-0.1, -0.05) is 6.92 Å². The van der Waals surface area contributed by atoms with Crippen molar-refractivity contribution in [1.29, 1.82) is 0 Å². The first-order chi connectivity index (χ1) is 7.16. The fourth-order valence-corrected chi connectivity index (χ4v) is 1.70. The van der Waals surface area contributed by atoms with Crippen molar-refractivity contribution >= 4 is 5.97 Å². The highest BCUT2D eigenvalue weighted by Gasteiger charge is 2.36. The number of carboxylic acid groups (broad SMARTS) is 1. The number of aliphatic carboxylic acids is 1. The molecule has 1 saturated carbocycles. The quantitative estimate of drug-likeness (QED) is 0.772. The van der Waals surface area contributed by atoms with Crippen LogP contribution in [0.5, 0.6) is 0 Å². The van der Waals surface area contributed by atoms with Crippen molar-refractivity contribution in [2.45, 2.75) is 25.8 Å². The molecule has 2 rings (SSSR count). The Bertz CT molecular complexity index is 358. The Balaban J connectivity index is 1.82. The molecule has 0 radical (unpaired) electrons. The molecular formula is C11H15NO3. The van der Waals surface area contributed by atoms with E-state index in [9.17, 15) is 4.79 Å². The van der Waals surface area contributed by atoms with E-state index in [0.29, 0.717) is 12.5 Å². The van der Waals surface area contributed by atoms with Crippen molar-refractivity contribution in [3.8, 4) is 0 Å². The first-order valence-electron chi connectivity index (χ1n) is 5.18. The molecule has 4 heteroatoms. The van der Waals surface area contributed by atoms with Gasteiger partial charge in [0.2, 0.25) is 0 Å². The van der Waals surface area contributed by atoms with Crippen LogP contribution in [-0.4, -0.2) is 17.6 Å². The molecule has 0 saturated heterocycles. The topological polar surface area (TPSA) is 62.5 Å². The Morgan fingerprint density at radius 1 is 1.67 bits per heavy atom. The molecule has 0 aromatic carbocycles. The first-order valence-corrected chi connectivity index (χ1v) is 5.18. The normalized spacial score (nSPS) is 24.1. The monoisotopic (exact) mass is 209 g/mol. The van der Waals surface area contributed by atoms with Gasteiger partial charge in [-0.05, 0) is 24.5 Å². The van der Waals surface area contributed by atoms with Crippen molar-refractivity contribution in [2.75, 3.05) is 6.54 Å². The fourth-order valence-electron chi connectivity index (χ4n) is 1.70. The van der Waals surface area contributed by atoms with E-state index in [0.717, 1.165) is 17.4 Å². The highest BCUT2D eigenvalue weighted by Crippen LogP contribution is 2.47. The predicted octanol–water partition coefficient (Wildman–Crippen LogP) is 1.58. The van der Waals surface area contributed by atoms with Crippen LogP contribution >= 0.6 is 0 Å². The van der Waals surface area contributed by atoms with E-state index in [1.165, 1.54) is 6.42 Å². The summed E-state index contributed by atoms with van der Waals surface area (Å²) in [4.78, 5) is 10.3. The zero-order chi connectivity index (χ0) is 10.8. The third-order valence-electron chi connectivity index (χ3n) is 2.73. The molecule has 1 aliphatic rings. The van der Waals surface area contributed by atoms with Crippen LogP contribution in [0.2, 0.25) is 0 Å². The van der Waals surface area contributed by atoms with Gasteiger partial charge in [-0.3, -0.25) is 10.1 Å². The number of carbonyl (C=O) groups is 1. The van der Waals surface area contributed by atoms with Gasteiger partial charge in [0, 0.05) is 5.92 Å². The van der Waals surface area contributed by atoms with Gasteiger partial charge in [0.05, 0.1) is 13.1 Å². The van der Waals surface area contributed by atoms with Crippen LogP contribution < -0.4 is 5.32 Å². The molecule has 0 spiro atoms. The predicted molar refractivity (Wildman–Crippen MR) is 54.6 cm³/mol. The maximum absolute atomic E-state index is 10.3. The summed E-state index contributed by atoms with van der Waals surface area (Å²) in [5, 5.41) is 11.2. The van der Waals surface area contributed by atoms with E-state index in [1.807, 2.05) is 12.1 Å². The van der Waals surface area contributed by atoms with E-state index < -0.39 is 5.97 Å². The fraction of sp³-hybridized carbons (Fsp3) is 0.545. The standard InChI is InChI=1S/C11H15NO3/c1-7-4-9(7)10-3-2-8(15-10)5-12-6-11(13)14/h2-3,7,9,12H,4-6H2,1H3,(H,13,14).